The Morgan fingerprint density at radius 3 is 2.42 bits per heavy atom. The van der Waals surface area contributed by atoms with Gasteiger partial charge in [-0.3, -0.25) is 9.89 Å². The van der Waals surface area contributed by atoms with Crippen molar-refractivity contribution in [1.82, 2.24) is 20.4 Å². The number of aliphatic imine (C=N–C) groups is 1. The average Bonchev–Trinajstić information content (AvgIpc) is 3.33. The number of hydrogen-bond acceptors (Lipinski definition) is 5. The first-order chi connectivity index (χ1) is 15.3. The third-order valence-corrected chi connectivity index (χ3v) is 5.46. The first-order valence-corrected chi connectivity index (χ1v) is 11.4. The molecule has 0 amide bonds. The molecule has 0 bridgehead atoms. The molecule has 1 aromatic carbocycles. The van der Waals surface area contributed by atoms with Crippen molar-refractivity contribution < 1.29 is 9.15 Å². The molecular weight excluding hydrogens is 390 g/mol. The van der Waals surface area contributed by atoms with Crippen LogP contribution in [0.25, 0.3) is 0 Å². The van der Waals surface area contributed by atoms with Gasteiger partial charge < -0.3 is 24.7 Å². The minimum atomic E-state index is 0.528. The largest absolute Gasteiger partial charge is 0.467 e. The van der Waals surface area contributed by atoms with Crippen LogP contribution in [0.1, 0.15) is 24.2 Å². The fourth-order valence-corrected chi connectivity index (χ4v) is 3.69. The van der Waals surface area contributed by atoms with E-state index in [9.17, 15) is 0 Å². The van der Waals surface area contributed by atoms with E-state index >= 15 is 0 Å². The maximum Gasteiger partial charge on any atom is 0.190 e. The maximum absolute atomic E-state index is 5.60. The highest BCUT2D eigenvalue weighted by molar-refractivity contribution is 5.79. The molecule has 0 spiro atoms. The summed E-state index contributed by atoms with van der Waals surface area (Å²) in [6.07, 6.45) is 3.71. The van der Waals surface area contributed by atoms with Gasteiger partial charge in [0.05, 0.1) is 6.26 Å². The molecule has 170 valence electrons. The lowest BCUT2D eigenvalue weighted by Crippen LogP contribution is -2.46. The second-order valence-electron chi connectivity index (χ2n) is 7.87. The van der Waals surface area contributed by atoms with Gasteiger partial charge in [0, 0.05) is 59.5 Å². The number of hydrogen-bond donors (Lipinski definition) is 2. The van der Waals surface area contributed by atoms with E-state index in [0.29, 0.717) is 13.2 Å². The van der Waals surface area contributed by atoms with Crippen LogP contribution in [-0.2, 0) is 17.9 Å². The molecule has 2 heterocycles. The summed E-state index contributed by atoms with van der Waals surface area (Å²) in [7, 11) is 1.81. The lowest BCUT2D eigenvalue weighted by Gasteiger charge is -2.34. The quantitative estimate of drug-likeness (QED) is 0.308. The van der Waals surface area contributed by atoms with Crippen LogP contribution in [0.15, 0.2) is 58.1 Å². The number of guanidine groups is 1. The van der Waals surface area contributed by atoms with Crippen molar-refractivity contribution in [3.05, 3.63) is 60.1 Å². The van der Waals surface area contributed by atoms with Crippen molar-refractivity contribution in [1.29, 1.82) is 0 Å². The SMILES string of the molecule is CN=C(NCCCOCc1ccco1)NCCCN1CCN(Cc2ccccc2)CC1. The van der Waals surface area contributed by atoms with Crippen molar-refractivity contribution in [2.75, 3.05) is 59.5 Å². The van der Waals surface area contributed by atoms with Crippen molar-refractivity contribution in [2.45, 2.75) is 26.0 Å². The first kappa shape index (κ1) is 23.3. The van der Waals surface area contributed by atoms with Crippen molar-refractivity contribution in [3.63, 3.8) is 0 Å². The maximum atomic E-state index is 5.60. The zero-order valence-electron chi connectivity index (χ0n) is 18.8. The number of furan rings is 1. The number of nitrogens with zero attached hydrogens (tertiary/aromatic N) is 3. The predicted octanol–water partition coefficient (Wildman–Crippen LogP) is 2.56. The molecular formula is C24H37N5O2. The van der Waals surface area contributed by atoms with Crippen LogP contribution in [-0.4, -0.2) is 75.2 Å². The highest BCUT2D eigenvalue weighted by atomic mass is 16.5. The second-order valence-corrected chi connectivity index (χ2v) is 7.87. The highest BCUT2D eigenvalue weighted by Gasteiger charge is 2.16. The van der Waals surface area contributed by atoms with Crippen molar-refractivity contribution >= 4 is 5.96 Å². The van der Waals surface area contributed by atoms with Gasteiger partial charge in [0.15, 0.2) is 5.96 Å². The normalized spacial score (nSPS) is 15.8. The number of benzene rings is 1. The van der Waals surface area contributed by atoms with Gasteiger partial charge in [-0.05, 0) is 37.1 Å². The Morgan fingerprint density at radius 2 is 1.71 bits per heavy atom. The van der Waals surface area contributed by atoms with E-state index in [1.807, 2.05) is 19.2 Å². The lowest BCUT2D eigenvalue weighted by atomic mass is 10.2. The molecule has 1 fully saturated rings. The first-order valence-electron chi connectivity index (χ1n) is 11.4. The van der Waals surface area contributed by atoms with Gasteiger partial charge >= 0.3 is 0 Å². The highest BCUT2D eigenvalue weighted by Crippen LogP contribution is 2.08. The zero-order chi connectivity index (χ0) is 21.6. The molecule has 0 aliphatic carbocycles. The molecule has 1 aromatic heterocycles. The summed E-state index contributed by atoms with van der Waals surface area (Å²) in [5.41, 5.74) is 1.41. The predicted molar refractivity (Wildman–Crippen MR) is 125 cm³/mol. The summed E-state index contributed by atoms with van der Waals surface area (Å²) in [5, 5.41) is 6.76. The van der Waals surface area contributed by atoms with Gasteiger partial charge in [-0.1, -0.05) is 30.3 Å². The van der Waals surface area contributed by atoms with Crippen LogP contribution in [0, 0.1) is 0 Å². The average molecular weight is 428 g/mol. The van der Waals surface area contributed by atoms with Gasteiger partial charge in [-0.25, -0.2) is 0 Å². The third kappa shape index (κ3) is 9.12. The molecule has 0 saturated carbocycles. The Labute approximate surface area is 186 Å². The standard InChI is InChI=1S/C24H37N5O2/c1-25-24(27-12-7-18-30-21-23-10-5-19-31-23)26-11-6-13-28-14-16-29(17-15-28)20-22-8-3-2-4-9-22/h2-5,8-10,19H,6-7,11-18,20-21H2,1H3,(H2,25,26,27). The summed E-state index contributed by atoms with van der Waals surface area (Å²) in [6.45, 7) is 9.77. The summed E-state index contributed by atoms with van der Waals surface area (Å²) < 4.78 is 10.8. The van der Waals surface area contributed by atoms with E-state index in [1.54, 1.807) is 6.26 Å². The minimum Gasteiger partial charge on any atom is -0.467 e. The van der Waals surface area contributed by atoms with Gasteiger partial charge in [-0.2, -0.15) is 0 Å². The van der Waals surface area contributed by atoms with Gasteiger partial charge in [0.2, 0.25) is 0 Å². The van der Waals surface area contributed by atoms with Crippen LogP contribution in [0.4, 0.5) is 0 Å². The van der Waals surface area contributed by atoms with E-state index < -0.39 is 0 Å². The molecule has 1 saturated heterocycles. The Kier molecular flexibility index (Phi) is 10.4. The van der Waals surface area contributed by atoms with Crippen LogP contribution >= 0.6 is 0 Å². The zero-order valence-corrected chi connectivity index (χ0v) is 18.8. The smallest absolute Gasteiger partial charge is 0.190 e. The second kappa shape index (κ2) is 13.9. The molecule has 2 N–H and O–H groups in total. The molecule has 31 heavy (non-hydrogen) atoms. The van der Waals surface area contributed by atoms with E-state index in [-0.39, 0.29) is 0 Å². The van der Waals surface area contributed by atoms with Crippen LogP contribution in [0.5, 0.6) is 0 Å². The number of nitrogens with one attached hydrogen (secondary N) is 2. The molecule has 2 aromatic rings. The fourth-order valence-electron chi connectivity index (χ4n) is 3.69. The topological polar surface area (TPSA) is 65.3 Å². The summed E-state index contributed by atoms with van der Waals surface area (Å²) >= 11 is 0. The molecule has 1 aliphatic rings. The van der Waals surface area contributed by atoms with Crippen LogP contribution in [0.2, 0.25) is 0 Å². The van der Waals surface area contributed by atoms with Crippen molar-refractivity contribution in [2.24, 2.45) is 4.99 Å². The number of rotatable bonds is 12. The van der Waals surface area contributed by atoms with Crippen molar-refractivity contribution in [3.8, 4) is 0 Å². The van der Waals surface area contributed by atoms with Crippen LogP contribution in [0.3, 0.4) is 0 Å². The Balaban J connectivity index is 1.17. The summed E-state index contributed by atoms with van der Waals surface area (Å²) in [5.74, 6) is 1.72. The van der Waals surface area contributed by atoms with Gasteiger partial charge in [-0.15, -0.1) is 0 Å². The third-order valence-electron chi connectivity index (χ3n) is 5.46. The number of piperazine rings is 1. The summed E-state index contributed by atoms with van der Waals surface area (Å²) in [4.78, 5) is 9.41. The molecule has 1 aliphatic heterocycles. The fraction of sp³-hybridized carbons (Fsp3) is 0.542. The van der Waals surface area contributed by atoms with E-state index in [2.05, 4.69) is 55.8 Å². The molecule has 0 unspecified atom stereocenters. The lowest BCUT2D eigenvalue weighted by molar-refractivity contribution is 0.105. The molecule has 0 radical (unpaired) electrons. The van der Waals surface area contributed by atoms with E-state index in [1.165, 1.54) is 5.56 Å². The Morgan fingerprint density at radius 1 is 0.968 bits per heavy atom. The van der Waals surface area contributed by atoms with Gasteiger partial charge in [0.25, 0.3) is 0 Å². The monoisotopic (exact) mass is 427 g/mol. The Hall–Kier alpha value is -2.35. The van der Waals surface area contributed by atoms with Gasteiger partial charge in [0.1, 0.15) is 12.4 Å². The van der Waals surface area contributed by atoms with E-state index in [4.69, 9.17) is 9.15 Å². The molecule has 7 nitrogen and oxygen atoms in total. The molecule has 3 rings (SSSR count). The van der Waals surface area contributed by atoms with E-state index in [0.717, 1.165) is 76.9 Å². The molecule has 7 heteroatoms. The number of ether oxygens (including phenoxy) is 1. The van der Waals surface area contributed by atoms with Crippen LogP contribution < -0.4 is 10.6 Å². The minimum absolute atomic E-state index is 0.528. The molecule has 0 atom stereocenters. The Bertz CT molecular complexity index is 728. The summed E-state index contributed by atoms with van der Waals surface area (Å²) in [6, 6.07) is 14.6.